The summed E-state index contributed by atoms with van der Waals surface area (Å²) < 4.78 is 6.03. The van der Waals surface area contributed by atoms with Crippen molar-refractivity contribution in [3.8, 4) is 11.5 Å². The molecule has 9 rings (SSSR count). The first-order valence-electron chi connectivity index (χ1n) is 15.9. The molecule has 7 aliphatic rings. The van der Waals surface area contributed by atoms with Crippen LogP contribution in [0.5, 0.6) is 11.5 Å². The number of rotatable bonds is 5. The fourth-order valence-corrected chi connectivity index (χ4v) is 9.38. The van der Waals surface area contributed by atoms with Crippen molar-refractivity contribution in [2.45, 2.75) is 51.9 Å². The summed E-state index contributed by atoms with van der Waals surface area (Å²) in [6.45, 7) is 6.99. The SMILES string of the molecule is CC(C)(C)c1ccc(Oc2ccc(N3C(=O)C4C5C=CC(C6C(=O)N(CC7CC8CCC7C8)C(=O)C56)C4C3=O)cc2)cc1. The highest BCUT2D eigenvalue weighted by Crippen LogP contribution is 2.59. The second-order valence-corrected chi connectivity index (χ2v) is 14.7. The lowest BCUT2D eigenvalue weighted by molar-refractivity contribution is -0.141. The highest BCUT2D eigenvalue weighted by molar-refractivity contribution is 6.23. The third kappa shape index (κ3) is 3.99. The van der Waals surface area contributed by atoms with Gasteiger partial charge in [0.15, 0.2) is 0 Å². The highest BCUT2D eigenvalue weighted by Gasteiger charge is 2.68. The lowest BCUT2D eigenvalue weighted by atomic mass is 9.54. The van der Waals surface area contributed by atoms with Crippen LogP contribution < -0.4 is 9.64 Å². The molecule has 4 amide bonds. The number of imide groups is 2. The van der Waals surface area contributed by atoms with Gasteiger partial charge in [0.05, 0.1) is 29.4 Å². The predicted octanol–water partition coefficient (Wildman–Crippen LogP) is 5.74. The number of hydrogen-bond acceptors (Lipinski definition) is 5. The maximum atomic E-state index is 13.9. The van der Waals surface area contributed by atoms with Gasteiger partial charge in [0.25, 0.3) is 0 Å². The zero-order valence-corrected chi connectivity index (χ0v) is 24.9. The molecule has 2 aromatic rings. The van der Waals surface area contributed by atoms with Crippen molar-refractivity contribution in [3.05, 3.63) is 66.2 Å². The summed E-state index contributed by atoms with van der Waals surface area (Å²) in [5, 5.41) is 0. The normalized spacial score (nSPS) is 35.7. The topological polar surface area (TPSA) is 84.0 Å². The van der Waals surface area contributed by atoms with Crippen molar-refractivity contribution in [3.63, 3.8) is 0 Å². The summed E-state index contributed by atoms with van der Waals surface area (Å²) in [5.74, 6) is -0.915. The average Bonchev–Trinajstić information content (AvgIpc) is 3.74. The Morgan fingerprint density at radius 2 is 1.23 bits per heavy atom. The fourth-order valence-electron chi connectivity index (χ4n) is 9.38. The monoisotopic (exact) mass is 578 g/mol. The van der Waals surface area contributed by atoms with Crippen molar-refractivity contribution in [1.82, 2.24) is 4.90 Å². The van der Waals surface area contributed by atoms with E-state index in [9.17, 15) is 19.2 Å². The minimum Gasteiger partial charge on any atom is -0.457 e. The van der Waals surface area contributed by atoms with E-state index in [-0.39, 0.29) is 29.0 Å². The van der Waals surface area contributed by atoms with E-state index in [1.54, 1.807) is 24.3 Å². The third-order valence-electron chi connectivity index (χ3n) is 11.5. The highest BCUT2D eigenvalue weighted by atomic mass is 16.5. The molecule has 43 heavy (non-hydrogen) atoms. The van der Waals surface area contributed by atoms with Crippen LogP contribution in [0.3, 0.4) is 0 Å². The predicted molar refractivity (Wildman–Crippen MR) is 160 cm³/mol. The number of likely N-dealkylation sites (tertiary alicyclic amines) is 1. The van der Waals surface area contributed by atoms with E-state index in [1.165, 1.54) is 34.6 Å². The molecule has 9 unspecified atom stereocenters. The van der Waals surface area contributed by atoms with Crippen LogP contribution >= 0.6 is 0 Å². The first-order chi connectivity index (χ1) is 20.6. The summed E-state index contributed by atoms with van der Waals surface area (Å²) >= 11 is 0. The van der Waals surface area contributed by atoms with Crippen molar-refractivity contribution in [2.24, 2.45) is 53.3 Å². The average molecular weight is 579 g/mol. The fraction of sp³-hybridized carbons (Fsp3) is 0.500. The maximum absolute atomic E-state index is 13.9. The van der Waals surface area contributed by atoms with E-state index in [0.29, 0.717) is 35.6 Å². The number of nitrogens with zero attached hydrogens (tertiary/aromatic N) is 2. The molecule has 7 heteroatoms. The van der Waals surface area contributed by atoms with Crippen LogP contribution in [0.25, 0.3) is 0 Å². The van der Waals surface area contributed by atoms with Crippen molar-refractivity contribution in [1.29, 1.82) is 0 Å². The molecule has 222 valence electrons. The number of amides is 4. The first kappa shape index (κ1) is 26.9. The summed E-state index contributed by atoms with van der Waals surface area (Å²) in [4.78, 5) is 58.1. The molecule has 2 aromatic carbocycles. The van der Waals surface area contributed by atoms with Gasteiger partial charge >= 0.3 is 0 Å². The zero-order valence-electron chi connectivity index (χ0n) is 24.9. The van der Waals surface area contributed by atoms with Crippen LogP contribution in [0.15, 0.2) is 60.7 Å². The van der Waals surface area contributed by atoms with Crippen LogP contribution in [-0.4, -0.2) is 35.1 Å². The number of anilines is 1. The molecule has 3 saturated carbocycles. The summed E-state index contributed by atoms with van der Waals surface area (Å²) in [5.41, 5.74) is 1.75. The second kappa shape index (κ2) is 9.38. The van der Waals surface area contributed by atoms with E-state index < -0.39 is 35.5 Å². The summed E-state index contributed by atoms with van der Waals surface area (Å²) in [6, 6.07) is 15.0. The number of hydrogen-bond donors (Lipinski definition) is 0. The number of fused-ring (bicyclic) bond motifs is 2. The maximum Gasteiger partial charge on any atom is 0.238 e. The smallest absolute Gasteiger partial charge is 0.238 e. The van der Waals surface area contributed by atoms with E-state index in [2.05, 4.69) is 32.9 Å². The Morgan fingerprint density at radius 1 is 0.698 bits per heavy atom. The lowest BCUT2D eigenvalue weighted by Gasteiger charge is -2.44. The van der Waals surface area contributed by atoms with E-state index in [1.807, 2.05) is 24.3 Å². The molecule has 0 N–H and O–H groups in total. The van der Waals surface area contributed by atoms with Crippen molar-refractivity contribution in [2.75, 3.05) is 11.4 Å². The number of carbonyl (C=O) groups is 4. The Balaban J connectivity index is 1.00. The minimum atomic E-state index is -0.611. The van der Waals surface area contributed by atoms with Gasteiger partial charge in [-0.2, -0.15) is 0 Å². The minimum absolute atomic E-state index is 0.0505. The van der Waals surface area contributed by atoms with Crippen LogP contribution in [-0.2, 0) is 24.6 Å². The van der Waals surface area contributed by atoms with Crippen LogP contribution in [0, 0.1) is 53.3 Å². The summed E-state index contributed by atoms with van der Waals surface area (Å²) in [7, 11) is 0. The Morgan fingerprint density at radius 3 is 1.72 bits per heavy atom. The molecule has 2 heterocycles. The second-order valence-electron chi connectivity index (χ2n) is 14.7. The molecule has 5 aliphatic carbocycles. The molecule has 5 fully saturated rings. The van der Waals surface area contributed by atoms with Gasteiger partial charge in [0, 0.05) is 18.4 Å². The van der Waals surface area contributed by atoms with Gasteiger partial charge in [-0.15, -0.1) is 0 Å². The molecule has 0 spiro atoms. The number of allylic oxidation sites excluding steroid dienone is 2. The number of benzene rings is 2. The summed E-state index contributed by atoms with van der Waals surface area (Å²) in [6.07, 6.45) is 8.68. The Kier molecular flexibility index (Phi) is 5.86. The quantitative estimate of drug-likeness (QED) is 0.334. The van der Waals surface area contributed by atoms with Crippen molar-refractivity contribution < 1.29 is 23.9 Å². The Bertz CT molecular complexity index is 1500. The van der Waals surface area contributed by atoms with Gasteiger partial charge in [-0.1, -0.05) is 51.5 Å². The van der Waals surface area contributed by atoms with Crippen LogP contribution in [0.2, 0.25) is 0 Å². The third-order valence-corrected chi connectivity index (χ3v) is 11.5. The Hall–Kier alpha value is -3.74. The van der Waals surface area contributed by atoms with Gasteiger partial charge in [-0.05, 0) is 84.4 Å². The van der Waals surface area contributed by atoms with Gasteiger partial charge in [0.2, 0.25) is 23.6 Å². The molecular weight excluding hydrogens is 540 g/mol. The largest absolute Gasteiger partial charge is 0.457 e. The lowest BCUT2D eigenvalue weighted by Crippen LogP contribution is -2.50. The first-order valence-corrected chi connectivity index (χ1v) is 15.9. The van der Waals surface area contributed by atoms with Crippen LogP contribution in [0.1, 0.15) is 52.0 Å². The molecule has 2 saturated heterocycles. The Labute approximate surface area is 252 Å². The van der Waals surface area contributed by atoms with E-state index in [4.69, 9.17) is 4.74 Å². The standard InChI is InChI=1S/C36H38N2O5/c1-36(2,3)22-6-10-24(11-7-22)43-25-12-8-23(9-13-25)38-34(41)30-26-14-15-27(31(30)35(38)42)29-28(26)32(39)37(33(29)40)18-21-17-19-4-5-20(21)16-19/h6-15,19-21,26-31H,4-5,16-18H2,1-3H3. The van der Waals surface area contributed by atoms with Crippen LogP contribution in [0.4, 0.5) is 5.69 Å². The zero-order chi connectivity index (χ0) is 29.8. The van der Waals surface area contributed by atoms with E-state index in [0.717, 1.165) is 12.3 Å². The molecule has 0 radical (unpaired) electrons. The number of carbonyl (C=O) groups excluding carboxylic acids is 4. The molecular formula is C36H38N2O5. The molecule has 0 aromatic heterocycles. The van der Waals surface area contributed by atoms with Gasteiger partial charge in [-0.25, -0.2) is 0 Å². The van der Waals surface area contributed by atoms with Gasteiger partial charge in [0.1, 0.15) is 11.5 Å². The molecule has 7 nitrogen and oxygen atoms in total. The molecule has 4 bridgehead atoms. The van der Waals surface area contributed by atoms with Gasteiger partial charge < -0.3 is 4.74 Å². The van der Waals surface area contributed by atoms with Crippen molar-refractivity contribution >= 4 is 29.3 Å². The molecule has 9 atom stereocenters. The number of ether oxygens (including phenoxy) is 1. The van der Waals surface area contributed by atoms with E-state index >= 15 is 0 Å². The molecule has 2 aliphatic heterocycles. The van der Waals surface area contributed by atoms with Gasteiger partial charge in [-0.3, -0.25) is 29.0 Å².